The highest BCUT2D eigenvalue weighted by Gasteiger charge is 2.25. The number of unbranched alkanes of at least 4 members (excludes halogenated alkanes) is 16. The molecule has 2 atom stereocenters. The van der Waals surface area contributed by atoms with Gasteiger partial charge in [0.1, 0.15) is 6.61 Å². The molecule has 0 heterocycles. The van der Waals surface area contributed by atoms with Crippen molar-refractivity contribution in [3.8, 4) is 0 Å². The lowest BCUT2D eigenvalue weighted by molar-refractivity contribution is -0.153. The number of carbonyl (C=O) groups is 1. The van der Waals surface area contributed by atoms with E-state index < -0.39 is 19.9 Å². The van der Waals surface area contributed by atoms with E-state index in [0.717, 1.165) is 64.2 Å². The number of hydrogen-bond acceptors (Lipinski definition) is 8. The molecule has 0 bridgehead atoms. The summed E-state index contributed by atoms with van der Waals surface area (Å²) in [5, 5.41) is 8.78. The molecule has 0 aliphatic carbocycles. The van der Waals surface area contributed by atoms with Crippen LogP contribution >= 0.6 is 7.82 Å². The zero-order valence-corrected chi connectivity index (χ0v) is 32.9. The van der Waals surface area contributed by atoms with Gasteiger partial charge < -0.3 is 25.2 Å². The molecule has 2 unspecified atom stereocenters. The molecule has 0 fully saturated rings. The van der Waals surface area contributed by atoms with Crippen molar-refractivity contribution in [3.05, 3.63) is 60.9 Å². The molecule has 4 N–H and O–H groups in total. The lowest BCUT2D eigenvalue weighted by atomic mass is 10.0. The third-order valence-corrected chi connectivity index (χ3v) is 9.04. The van der Waals surface area contributed by atoms with Gasteiger partial charge in [0.25, 0.3) is 0 Å². The summed E-state index contributed by atoms with van der Waals surface area (Å²) >= 11 is 0. The van der Waals surface area contributed by atoms with Crippen molar-refractivity contribution in [2.75, 3.05) is 33.0 Å². The highest BCUT2D eigenvalue weighted by molar-refractivity contribution is 7.47. The Morgan fingerprint density at radius 1 is 0.647 bits per heavy atom. The van der Waals surface area contributed by atoms with Gasteiger partial charge in [-0.05, 0) is 70.3 Å². The van der Waals surface area contributed by atoms with E-state index in [1.165, 1.54) is 70.6 Å². The van der Waals surface area contributed by atoms with Crippen molar-refractivity contribution < 1.29 is 37.9 Å². The SMILES string of the molecule is CCCCCCCCCCCCCCC=COCC(COP(=O)(O)OCCN)OC(=O)CCCC=CCC=CCC=CCC=CCCCCCO. The van der Waals surface area contributed by atoms with Crippen LogP contribution in [-0.4, -0.2) is 55.0 Å². The van der Waals surface area contributed by atoms with Gasteiger partial charge in [0.05, 0.1) is 19.5 Å². The van der Waals surface area contributed by atoms with E-state index in [4.69, 9.17) is 29.4 Å². The smallest absolute Gasteiger partial charge is 0.472 e. The van der Waals surface area contributed by atoms with Gasteiger partial charge in [-0.1, -0.05) is 133 Å². The fourth-order valence-corrected chi connectivity index (χ4v) is 5.87. The summed E-state index contributed by atoms with van der Waals surface area (Å²) in [5.74, 6) is -0.417. The van der Waals surface area contributed by atoms with Crippen molar-refractivity contribution in [3.63, 3.8) is 0 Å². The maximum absolute atomic E-state index is 12.5. The van der Waals surface area contributed by atoms with Gasteiger partial charge in [0.15, 0.2) is 6.10 Å². The van der Waals surface area contributed by atoms with Gasteiger partial charge in [0, 0.05) is 19.6 Å². The number of rotatable bonds is 38. The summed E-state index contributed by atoms with van der Waals surface area (Å²) in [4.78, 5) is 22.4. The summed E-state index contributed by atoms with van der Waals surface area (Å²) in [5.41, 5.74) is 5.34. The predicted octanol–water partition coefficient (Wildman–Crippen LogP) is 10.7. The molecule has 0 aliphatic rings. The normalized spacial score (nSPS) is 14.1. The summed E-state index contributed by atoms with van der Waals surface area (Å²) in [6, 6.07) is 0. The molecule has 0 aromatic carbocycles. The van der Waals surface area contributed by atoms with Crippen LogP contribution in [0.1, 0.15) is 155 Å². The fraction of sp³-hybridized carbons (Fsp3) is 0.732. The predicted molar refractivity (Wildman–Crippen MR) is 211 cm³/mol. The monoisotopic (exact) mass is 740 g/mol. The second kappa shape index (κ2) is 39.2. The number of aliphatic hydroxyl groups excluding tert-OH is 1. The molecule has 0 saturated carbocycles. The van der Waals surface area contributed by atoms with Crippen LogP contribution < -0.4 is 5.73 Å². The molecule has 0 aromatic heterocycles. The maximum atomic E-state index is 12.5. The van der Waals surface area contributed by atoms with Gasteiger partial charge in [-0.3, -0.25) is 13.8 Å². The Labute approximate surface area is 311 Å². The number of allylic oxidation sites excluding steroid dienone is 9. The number of ether oxygens (including phenoxy) is 2. The van der Waals surface area contributed by atoms with Crippen LogP contribution in [0.5, 0.6) is 0 Å². The summed E-state index contributed by atoms with van der Waals surface area (Å²) in [6.45, 7) is 2.16. The molecule has 0 aliphatic heterocycles. The van der Waals surface area contributed by atoms with Crippen LogP contribution in [0.25, 0.3) is 0 Å². The highest BCUT2D eigenvalue weighted by atomic mass is 31.2. The van der Waals surface area contributed by atoms with Crippen LogP contribution in [0.2, 0.25) is 0 Å². The lowest BCUT2D eigenvalue weighted by Gasteiger charge is -2.19. The lowest BCUT2D eigenvalue weighted by Crippen LogP contribution is -2.27. The number of aliphatic hydroxyl groups is 1. The Balaban J connectivity index is 4.24. The van der Waals surface area contributed by atoms with Crippen molar-refractivity contribution in [1.29, 1.82) is 0 Å². The number of phosphoric ester groups is 1. The molecule has 0 amide bonds. The first kappa shape index (κ1) is 49.0. The van der Waals surface area contributed by atoms with Crippen LogP contribution in [0.4, 0.5) is 0 Å². The van der Waals surface area contributed by atoms with Gasteiger partial charge in [0.2, 0.25) is 0 Å². The van der Waals surface area contributed by atoms with Gasteiger partial charge in [-0.15, -0.1) is 0 Å². The van der Waals surface area contributed by atoms with Crippen LogP contribution in [-0.2, 0) is 27.9 Å². The molecular weight excluding hydrogens is 665 g/mol. The zero-order valence-electron chi connectivity index (χ0n) is 32.0. The average Bonchev–Trinajstić information content (AvgIpc) is 3.12. The second-order valence-corrected chi connectivity index (χ2v) is 14.4. The number of nitrogens with two attached hydrogens (primary N) is 1. The Morgan fingerprint density at radius 3 is 1.69 bits per heavy atom. The third-order valence-electron chi connectivity index (χ3n) is 8.06. The summed E-state index contributed by atoms with van der Waals surface area (Å²) < 4.78 is 33.0. The topological polar surface area (TPSA) is 138 Å². The standard InChI is InChI=1S/C41H74NO8P/c1-2-3-4-5-6-7-8-9-17-20-23-26-29-32-36-47-38-40(39-49-51(45,46)48-37-34-42)50-41(44)33-30-27-24-21-18-15-13-11-10-12-14-16-19-22-25-28-31-35-43/h10,12-13,15-16,19,21,24,32,36,40,43H,2-9,11,14,17-18,20,22-23,25-31,33-35,37-39,42H2,1H3,(H,45,46). The Bertz CT molecular complexity index is 965. The van der Waals surface area contributed by atoms with Crippen LogP contribution in [0.15, 0.2) is 60.9 Å². The molecule has 0 radical (unpaired) electrons. The Kier molecular flexibility index (Phi) is 37.7. The van der Waals surface area contributed by atoms with Gasteiger partial charge in [-0.25, -0.2) is 4.57 Å². The molecule has 0 aromatic rings. The first-order chi connectivity index (χ1) is 24.9. The number of hydrogen-bond donors (Lipinski definition) is 3. The van der Waals surface area contributed by atoms with Crippen molar-refractivity contribution in [2.45, 2.75) is 161 Å². The minimum atomic E-state index is -4.31. The molecule has 9 nitrogen and oxygen atoms in total. The van der Waals surface area contributed by atoms with Crippen LogP contribution in [0.3, 0.4) is 0 Å². The number of phosphoric acid groups is 1. The van der Waals surface area contributed by atoms with Crippen molar-refractivity contribution in [1.82, 2.24) is 0 Å². The Hall–Kier alpha value is -2.00. The summed E-state index contributed by atoms with van der Waals surface area (Å²) in [6.07, 6.45) is 44.9. The van der Waals surface area contributed by atoms with E-state index in [1.54, 1.807) is 6.26 Å². The zero-order chi connectivity index (χ0) is 37.4. The number of carbonyl (C=O) groups excluding carboxylic acids is 1. The third kappa shape index (κ3) is 39.0. The van der Waals surface area contributed by atoms with E-state index >= 15 is 0 Å². The van der Waals surface area contributed by atoms with E-state index in [0.29, 0.717) is 6.42 Å². The molecule has 10 heteroatoms. The molecule has 296 valence electrons. The fourth-order valence-electron chi connectivity index (χ4n) is 5.11. The number of esters is 1. The van der Waals surface area contributed by atoms with Crippen molar-refractivity contribution in [2.24, 2.45) is 5.73 Å². The first-order valence-electron chi connectivity index (χ1n) is 19.9. The molecule has 0 saturated heterocycles. The quantitative estimate of drug-likeness (QED) is 0.0186. The Morgan fingerprint density at radius 2 is 1.14 bits per heavy atom. The first-order valence-corrected chi connectivity index (χ1v) is 21.4. The van der Waals surface area contributed by atoms with E-state index in [-0.39, 0.29) is 39.4 Å². The molecule has 0 spiro atoms. The van der Waals surface area contributed by atoms with Crippen LogP contribution in [0, 0.1) is 0 Å². The van der Waals surface area contributed by atoms with E-state index in [2.05, 4.69) is 55.5 Å². The van der Waals surface area contributed by atoms with Crippen molar-refractivity contribution >= 4 is 13.8 Å². The minimum absolute atomic E-state index is 0.00181. The van der Waals surface area contributed by atoms with Gasteiger partial charge in [-0.2, -0.15) is 0 Å². The minimum Gasteiger partial charge on any atom is -0.498 e. The average molecular weight is 740 g/mol. The van der Waals surface area contributed by atoms with E-state index in [9.17, 15) is 14.3 Å². The molecular formula is C41H74NO8P. The summed E-state index contributed by atoms with van der Waals surface area (Å²) in [7, 11) is -4.31. The second-order valence-electron chi connectivity index (χ2n) is 12.9. The molecule has 0 rings (SSSR count). The maximum Gasteiger partial charge on any atom is 0.472 e. The van der Waals surface area contributed by atoms with E-state index in [1.807, 2.05) is 6.08 Å². The van der Waals surface area contributed by atoms with Gasteiger partial charge >= 0.3 is 13.8 Å². The molecule has 51 heavy (non-hydrogen) atoms. The largest absolute Gasteiger partial charge is 0.498 e. The highest BCUT2D eigenvalue weighted by Crippen LogP contribution is 2.43.